The second-order valence-electron chi connectivity index (χ2n) is 5.80. The standard InChI is InChI=1S/C20H21N3O3/c1-23-19(15-6-10-17(26-3)11-7-15)12-18(22-23)20(24)21-13-14-4-8-16(25-2)9-5-14/h4-12H,13H2,1-3H3,(H,21,24). The first-order chi connectivity index (χ1) is 12.6. The van der Waals surface area contributed by atoms with E-state index in [0.717, 1.165) is 28.3 Å². The molecule has 0 aliphatic rings. The minimum absolute atomic E-state index is 0.212. The van der Waals surface area contributed by atoms with E-state index in [1.165, 1.54) is 0 Å². The predicted molar refractivity (Wildman–Crippen MR) is 99.4 cm³/mol. The number of carbonyl (C=O) groups is 1. The zero-order valence-electron chi connectivity index (χ0n) is 15.0. The highest BCUT2D eigenvalue weighted by Gasteiger charge is 2.14. The van der Waals surface area contributed by atoms with Crippen LogP contribution in [-0.2, 0) is 13.6 Å². The molecular formula is C20H21N3O3. The van der Waals surface area contributed by atoms with Crippen molar-refractivity contribution in [2.75, 3.05) is 14.2 Å². The first-order valence-electron chi connectivity index (χ1n) is 8.20. The maximum absolute atomic E-state index is 12.4. The summed E-state index contributed by atoms with van der Waals surface area (Å²) in [5.41, 5.74) is 3.20. The van der Waals surface area contributed by atoms with Crippen LogP contribution in [0.2, 0.25) is 0 Å². The van der Waals surface area contributed by atoms with Gasteiger partial charge in [0.1, 0.15) is 11.5 Å². The van der Waals surface area contributed by atoms with Gasteiger partial charge in [0.25, 0.3) is 5.91 Å². The quantitative estimate of drug-likeness (QED) is 0.741. The third-order valence-electron chi connectivity index (χ3n) is 4.11. The number of methoxy groups -OCH3 is 2. The van der Waals surface area contributed by atoms with E-state index in [-0.39, 0.29) is 5.91 Å². The van der Waals surface area contributed by atoms with Crippen LogP contribution in [-0.4, -0.2) is 29.9 Å². The number of carbonyl (C=O) groups excluding carboxylic acids is 1. The Morgan fingerprint density at radius 3 is 2.15 bits per heavy atom. The highest BCUT2D eigenvalue weighted by atomic mass is 16.5. The summed E-state index contributed by atoms with van der Waals surface area (Å²) in [5, 5.41) is 7.21. The summed E-state index contributed by atoms with van der Waals surface area (Å²) in [6.07, 6.45) is 0. The molecule has 1 aromatic heterocycles. The van der Waals surface area contributed by atoms with Crippen LogP contribution in [0.4, 0.5) is 0 Å². The van der Waals surface area contributed by atoms with Crippen molar-refractivity contribution in [1.29, 1.82) is 0 Å². The Morgan fingerprint density at radius 2 is 1.58 bits per heavy atom. The SMILES string of the molecule is COc1ccc(CNC(=O)c2cc(-c3ccc(OC)cc3)n(C)n2)cc1. The molecule has 0 saturated carbocycles. The van der Waals surface area contributed by atoms with Crippen LogP contribution >= 0.6 is 0 Å². The monoisotopic (exact) mass is 351 g/mol. The van der Waals surface area contributed by atoms with Gasteiger partial charge in [-0.2, -0.15) is 5.10 Å². The van der Waals surface area contributed by atoms with Gasteiger partial charge < -0.3 is 14.8 Å². The number of rotatable bonds is 6. The van der Waals surface area contributed by atoms with Crippen LogP contribution in [0.1, 0.15) is 16.1 Å². The van der Waals surface area contributed by atoms with Gasteiger partial charge in [-0.05, 0) is 48.0 Å². The first-order valence-corrected chi connectivity index (χ1v) is 8.20. The summed E-state index contributed by atoms with van der Waals surface area (Å²) >= 11 is 0. The second-order valence-corrected chi connectivity index (χ2v) is 5.80. The van der Waals surface area contributed by atoms with Crippen molar-refractivity contribution in [2.45, 2.75) is 6.54 Å². The van der Waals surface area contributed by atoms with Gasteiger partial charge in [-0.15, -0.1) is 0 Å². The summed E-state index contributed by atoms with van der Waals surface area (Å²) in [7, 11) is 5.07. The third kappa shape index (κ3) is 3.85. The number of nitrogens with one attached hydrogen (secondary N) is 1. The molecule has 0 atom stereocenters. The normalized spacial score (nSPS) is 10.4. The smallest absolute Gasteiger partial charge is 0.272 e. The molecule has 26 heavy (non-hydrogen) atoms. The molecule has 134 valence electrons. The first kappa shape index (κ1) is 17.5. The topological polar surface area (TPSA) is 65.4 Å². The van der Waals surface area contributed by atoms with Crippen molar-refractivity contribution in [1.82, 2.24) is 15.1 Å². The van der Waals surface area contributed by atoms with Gasteiger partial charge in [0.05, 0.1) is 19.9 Å². The summed E-state index contributed by atoms with van der Waals surface area (Å²) in [6, 6.07) is 17.0. The minimum atomic E-state index is -0.212. The van der Waals surface area contributed by atoms with Crippen LogP contribution in [0.15, 0.2) is 54.6 Å². The fourth-order valence-electron chi connectivity index (χ4n) is 2.63. The molecule has 1 heterocycles. The number of hydrogen-bond acceptors (Lipinski definition) is 4. The lowest BCUT2D eigenvalue weighted by Crippen LogP contribution is -2.23. The molecule has 0 aliphatic heterocycles. The highest BCUT2D eigenvalue weighted by molar-refractivity contribution is 5.93. The van der Waals surface area contributed by atoms with Crippen molar-refractivity contribution in [3.05, 3.63) is 65.9 Å². The highest BCUT2D eigenvalue weighted by Crippen LogP contribution is 2.22. The molecule has 1 N–H and O–H groups in total. The van der Waals surface area contributed by atoms with Crippen molar-refractivity contribution in [3.8, 4) is 22.8 Å². The summed E-state index contributed by atoms with van der Waals surface area (Å²) in [4.78, 5) is 12.4. The summed E-state index contributed by atoms with van der Waals surface area (Å²) < 4.78 is 12.0. The van der Waals surface area contributed by atoms with Crippen LogP contribution in [0.25, 0.3) is 11.3 Å². The molecule has 0 unspecified atom stereocenters. The van der Waals surface area contributed by atoms with Crippen LogP contribution < -0.4 is 14.8 Å². The van der Waals surface area contributed by atoms with Crippen molar-refractivity contribution in [3.63, 3.8) is 0 Å². The van der Waals surface area contributed by atoms with E-state index in [4.69, 9.17) is 9.47 Å². The molecule has 0 aliphatic carbocycles. The number of aryl methyl sites for hydroxylation is 1. The maximum atomic E-state index is 12.4. The lowest BCUT2D eigenvalue weighted by Gasteiger charge is -2.04. The number of ether oxygens (including phenoxy) is 2. The Morgan fingerprint density at radius 1 is 1.00 bits per heavy atom. The van der Waals surface area contributed by atoms with Crippen molar-refractivity contribution < 1.29 is 14.3 Å². The van der Waals surface area contributed by atoms with E-state index in [2.05, 4.69) is 10.4 Å². The second kappa shape index (κ2) is 7.74. The van der Waals surface area contributed by atoms with Crippen molar-refractivity contribution in [2.24, 2.45) is 7.05 Å². The summed E-state index contributed by atoms with van der Waals surface area (Å²) in [5.74, 6) is 1.36. The lowest BCUT2D eigenvalue weighted by atomic mass is 10.1. The predicted octanol–water partition coefficient (Wildman–Crippen LogP) is 3.03. The van der Waals surface area contributed by atoms with Gasteiger partial charge in [-0.1, -0.05) is 12.1 Å². The zero-order chi connectivity index (χ0) is 18.5. The van der Waals surface area contributed by atoms with Crippen LogP contribution in [0.3, 0.4) is 0 Å². The van der Waals surface area contributed by atoms with Gasteiger partial charge in [0, 0.05) is 19.2 Å². The Balaban J connectivity index is 1.69. The Labute approximate surface area is 152 Å². The third-order valence-corrected chi connectivity index (χ3v) is 4.11. The maximum Gasteiger partial charge on any atom is 0.272 e. The minimum Gasteiger partial charge on any atom is -0.497 e. The molecule has 0 fully saturated rings. The van der Waals surface area contributed by atoms with Gasteiger partial charge in [-0.25, -0.2) is 0 Å². The fourth-order valence-corrected chi connectivity index (χ4v) is 2.63. The Bertz CT molecular complexity index is 884. The molecule has 0 radical (unpaired) electrons. The molecule has 0 bridgehead atoms. The van der Waals surface area contributed by atoms with Gasteiger partial charge in [0.2, 0.25) is 0 Å². The molecule has 6 nitrogen and oxygen atoms in total. The van der Waals surface area contributed by atoms with E-state index < -0.39 is 0 Å². The molecule has 0 spiro atoms. The molecule has 3 rings (SSSR count). The number of hydrogen-bond donors (Lipinski definition) is 1. The van der Waals surface area contributed by atoms with E-state index in [9.17, 15) is 4.79 Å². The average molecular weight is 351 g/mol. The molecule has 3 aromatic rings. The van der Waals surface area contributed by atoms with E-state index >= 15 is 0 Å². The molecular weight excluding hydrogens is 330 g/mol. The molecule has 6 heteroatoms. The number of nitrogens with zero attached hydrogens (tertiary/aromatic N) is 2. The largest absolute Gasteiger partial charge is 0.497 e. The van der Waals surface area contributed by atoms with E-state index in [1.54, 1.807) is 25.0 Å². The average Bonchev–Trinajstić information content (AvgIpc) is 3.08. The Hall–Kier alpha value is -3.28. The molecule has 2 aromatic carbocycles. The zero-order valence-corrected chi connectivity index (χ0v) is 15.0. The number of amides is 1. The van der Waals surface area contributed by atoms with Gasteiger partial charge in [0.15, 0.2) is 5.69 Å². The Kier molecular flexibility index (Phi) is 5.22. The number of benzene rings is 2. The van der Waals surface area contributed by atoms with Gasteiger partial charge >= 0.3 is 0 Å². The van der Waals surface area contributed by atoms with Crippen molar-refractivity contribution >= 4 is 5.91 Å². The van der Waals surface area contributed by atoms with Crippen LogP contribution in [0, 0.1) is 0 Å². The lowest BCUT2D eigenvalue weighted by molar-refractivity contribution is 0.0945. The van der Waals surface area contributed by atoms with E-state index in [0.29, 0.717) is 12.2 Å². The van der Waals surface area contributed by atoms with E-state index in [1.807, 2.05) is 55.6 Å². The summed E-state index contributed by atoms with van der Waals surface area (Å²) in [6.45, 7) is 0.428. The van der Waals surface area contributed by atoms with Crippen LogP contribution in [0.5, 0.6) is 11.5 Å². The van der Waals surface area contributed by atoms with Gasteiger partial charge in [-0.3, -0.25) is 9.48 Å². The fraction of sp³-hybridized carbons (Fsp3) is 0.200. The molecule has 1 amide bonds. The molecule has 0 saturated heterocycles. The number of aromatic nitrogens is 2.